The lowest BCUT2D eigenvalue weighted by atomic mass is 10.1. The summed E-state index contributed by atoms with van der Waals surface area (Å²) in [5.74, 6) is 0.462. The number of rotatable bonds is 1. The molecule has 2 N–H and O–H groups in total. The number of nitrogen functional groups attached to an aromatic ring is 1. The number of carbonyl (C=O) groups excluding carboxylic acids is 1. The van der Waals surface area contributed by atoms with Gasteiger partial charge in [0.1, 0.15) is 11.1 Å². The molecule has 0 saturated carbocycles. The van der Waals surface area contributed by atoms with Crippen molar-refractivity contribution in [3.63, 3.8) is 0 Å². The van der Waals surface area contributed by atoms with Gasteiger partial charge in [-0.3, -0.25) is 4.98 Å². The Bertz CT molecular complexity index is 719. The number of anilines is 1. The molecule has 1 aliphatic heterocycles. The zero-order chi connectivity index (χ0) is 16.6. The summed E-state index contributed by atoms with van der Waals surface area (Å²) < 4.78 is 7.49. The zero-order valence-corrected chi connectivity index (χ0v) is 13.8. The molecule has 2 aromatic heterocycles. The van der Waals surface area contributed by atoms with Crippen molar-refractivity contribution in [2.75, 3.05) is 18.8 Å². The standard InChI is InChI=1S/C16H23N5O2/c1-16(2,3)23-15(22)20-8-4-5-11(10-20)21-13-6-7-18-9-12(13)19-14(21)17/h6-7,9,11H,4-5,8,10H2,1-3H3,(H2,17,19). The van der Waals surface area contributed by atoms with Gasteiger partial charge in [0.25, 0.3) is 0 Å². The van der Waals surface area contributed by atoms with Gasteiger partial charge < -0.3 is 19.9 Å². The second kappa shape index (κ2) is 5.72. The average Bonchev–Trinajstić information content (AvgIpc) is 2.81. The fourth-order valence-corrected chi connectivity index (χ4v) is 3.01. The van der Waals surface area contributed by atoms with E-state index in [2.05, 4.69) is 9.97 Å². The molecular weight excluding hydrogens is 294 g/mol. The third-order valence-electron chi connectivity index (χ3n) is 3.93. The molecule has 1 unspecified atom stereocenters. The second-order valence-electron chi connectivity index (χ2n) is 6.93. The quantitative estimate of drug-likeness (QED) is 0.873. The molecule has 7 heteroatoms. The number of fused-ring (bicyclic) bond motifs is 1. The van der Waals surface area contributed by atoms with Gasteiger partial charge in [-0.25, -0.2) is 9.78 Å². The van der Waals surface area contributed by atoms with E-state index in [0.29, 0.717) is 19.0 Å². The third kappa shape index (κ3) is 3.23. The van der Waals surface area contributed by atoms with Crippen molar-refractivity contribution in [1.82, 2.24) is 19.4 Å². The van der Waals surface area contributed by atoms with Crippen LogP contribution in [0.1, 0.15) is 39.7 Å². The molecule has 1 aliphatic rings. The molecular formula is C16H23N5O2. The molecule has 7 nitrogen and oxygen atoms in total. The van der Waals surface area contributed by atoms with Gasteiger partial charge in [0.2, 0.25) is 5.95 Å². The molecule has 1 saturated heterocycles. The number of piperidine rings is 1. The summed E-state index contributed by atoms with van der Waals surface area (Å²) in [6, 6.07) is 2.01. The first-order chi connectivity index (χ1) is 10.8. The highest BCUT2D eigenvalue weighted by Crippen LogP contribution is 2.29. The van der Waals surface area contributed by atoms with Gasteiger partial charge in [0.15, 0.2) is 0 Å². The van der Waals surface area contributed by atoms with Crippen molar-refractivity contribution in [3.05, 3.63) is 18.5 Å². The first-order valence-electron chi connectivity index (χ1n) is 7.90. The maximum Gasteiger partial charge on any atom is 0.410 e. The van der Waals surface area contributed by atoms with Crippen LogP contribution in [0.25, 0.3) is 11.0 Å². The van der Waals surface area contributed by atoms with E-state index in [4.69, 9.17) is 10.5 Å². The highest BCUT2D eigenvalue weighted by Gasteiger charge is 2.29. The number of amides is 1. The van der Waals surface area contributed by atoms with Crippen LogP contribution in [-0.4, -0.2) is 44.2 Å². The molecule has 1 amide bonds. The minimum atomic E-state index is -0.490. The summed E-state index contributed by atoms with van der Waals surface area (Å²) in [6.07, 6.45) is 5.03. The molecule has 0 radical (unpaired) electrons. The molecule has 1 atom stereocenters. The number of pyridine rings is 1. The van der Waals surface area contributed by atoms with Gasteiger partial charge in [-0.1, -0.05) is 0 Å². The maximum atomic E-state index is 12.3. The monoisotopic (exact) mass is 317 g/mol. The Labute approximate surface area is 135 Å². The van der Waals surface area contributed by atoms with E-state index in [1.54, 1.807) is 17.3 Å². The van der Waals surface area contributed by atoms with Gasteiger partial charge in [0, 0.05) is 19.3 Å². The van der Waals surface area contributed by atoms with E-state index < -0.39 is 5.60 Å². The molecule has 0 aromatic carbocycles. The predicted molar refractivity (Wildman–Crippen MR) is 88.0 cm³/mol. The predicted octanol–water partition coefficient (Wildman–Crippen LogP) is 2.59. The molecule has 2 aromatic rings. The number of likely N-dealkylation sites (tertiary alicyclic amines) is 1. The van der Waals surface area contributed by atoms with Gasteiger partial charge in [-0.2, -0.15) is 0 Å². The SMILES string of the molecule is CC(C)(C)OC(=O)N1CCCC(n2c(N)nc3cnccc32)C1. The van der Waals surface area contributed by atoms with Crippen molar-refractivity contribution in [2.24, 2.45) is 0 Å². The number of aromatic nitrogens is 3. The minimum Gasteiger partial charge on any atom is -0.444 e. The van der Waals surface area contributed by atoms with Crippen LogP contribution in [0, 0.1) is 0 Å². The van der Waals surface area contributed by atoms with Crippen LogP contribution in [0.4, 0.5) is 10.7 Å². The fourth-order valence-electron chi connectivity index (χ4n) is 3.01. The number of hydrogen-bond donors (Lipinski definition) is 1. The molecule has 124 valence electrons. The summed E-state index contributed by atoms with van der Waals surface area (Å²) in [4.78, 5) is 22.5. The van der Waals surface area contributed by atoms with Crippen LogP contribution >= 0.6 is 0 Å². The van der Waals surface area contributed by atoms with E-state index in [9.17, 15) is 4.79 Å². The lowest BCUT2D eigenvalue weighted by molar-refractivity contribution is 0.0175. The first-order valence-corrected chi connectivity index (χ1v) is 7.90. The second-order valence-corrected chi connectivity index (χ2v) is 6.93. The lowest BCUT2D eigenvalue weighted by Gasteiger charge is -2.35. The highest BCUT2D eigenvalue weighted by atomic mass is 16.6. The lowest BCUT2D eigenvalue weighted by Crippen LogP contribution is -2.43. The number of hydrogen-bond acceptors (Lipinski definition) is 5. The minimum absolute atomic E-state index is 0.101. The molecule has 3 rings (SSSR count). The van der Waals surface area contributed by atoms with Crippen molar-refractivity contribution in [1.29, 1.82) is 0 Å². The summed E-state index contributed by atoms with van der Waals surface area (Å²) in [5.41, 5.74) is 7.34. The molecule has 0 bridgehead atoms. The number of carbonyl (C=O) groups is 1. The Morgan fingerprint density at radius 3 is 2.96 bits per heavy atom. The average molecular weight is 317 g/mol. The van der Waals surface area contributed by atoms with E-state index in [1.165, 1.54) is 0 Å². The summed E-state index contributed by atoms with van der Waals surface area (Å²) in [5, 5.41) is 0. The van der Waals surface area contributed by atoms with E-state index in [-0.39, 0.29) is 12.1 Å². The number of nitrogens with zero attached hydrogens (tertiary/aromatic N) is 4. The van der Waals surface area contributed by atoms with Crippen LogP contribution in [0.15, 0.2) is 18.5 Å². The number of imidazole rings is 1. The molecule has 3 heterocycles. The van der Waals surface area contributed by atoms with Crippen LogP contribution in [0.2, 0.25) is 0 Å². The Kier molecular flexibility index (Phi) is 3.87. The van der Waals surface area contributed by atoms with E-state index >= 15 is 0 Å². The zero-order valence-electron chi connectivity index (χ0n) is 13.8. The van der Waals surface area contributed by atoms with Crippen LogP contribution in [0.3, 0.4) is 0 Å². The largest absolute Gasteiger partial charge is 0.444 e. The van der Waals surface area contributed by atoms with Crippen molar-refractivity contribution < 1.29 is 9.53 Å². The van der Waals surface area contributed by atoms with Crippen molar-refractivity contribution >= 4 is 23.1 Å². The van der Waals surface area contributed by atoms with E-state index in [0.717, 1.165) is 23.9 Å². The Morgan fingerprint density at radius 1 is 1.43 bits per heavy atom. The van der Waals surface area contributed by atoms with Gasteiger partial charge >= 0.3 is 6.09 Å². The Morgan fingerprint density at radius 2 is 2.22 bits per heavy atom. The summed E-state index contributed by atoms with van der Waals surface area (Å²) in [7, 11) is 0. The van der Waals surface area contributed by atoms with E-state index in [1.807, 2.05) is 31.4 Å². The van der Waals surface area contributed by atoms with Crippen molar-refractivity contribution in [2.45, 2.75) is 45.3 Å². The smallest absolute Gasteiger partial charge is 0.410 e. The number of ether oxygens (including phenoxy) is 1. The summed E-state index contributed by atoms with van der Waals surface area (Å²) in [6.45, 7) is 6.91. The maximum absolute atomic E-state index is 12.3. The van der Waals surface area contributed by atoms with Gasteiger partial charge in [-0.15, -0.1) is 0 Å². The van der Waals surface area contributed by atoms with Crippen LogP contribution < -0.4 is 5.73 Å². The third-order valence-corrected chi connectivity index (χ3v) is 3.93. The molecule has 23 heavy (non-hydrogen) atoms. The highest BCUT2D eigenvalue weighted by molar-refractivity contribution is 5.77. The van der Waals surface area contributed by atoms with Crippen LogP contribution in [-0.2, 0) is 4.74 Å². The normalized spacial score (nSPS) is 19.1. The number of nitrogens with two attached hydrogens (primary N) is 1. The summed E-state index contributed by atoms with van der Waals surface area (Å²) >= 11 is 0. The Balaban J connectivity index is 1.83. The van der Waals surface area contributed by atoms with Gasteiger partial charge in [-0.05, 0) is 39.7 Å². The van der Waals surface area contributed by atoms with Crippen LogP contribution in [0.5, 0.6) is 0 Å². The topological polar surface area (TPSA) is 86.3 Å². The molecule has 1 fully saturated rings. The molecule has 0 aliphatic carbocycles. The Hall–Kier alpha value is -2.31. The van der Waals surface area contributed by atoms with Gasteiger partial charge in [0.05, 0.1) is 17.8 Å². The first kappa shape index (κ1) is 15.6. The fraction of sp³-hybridized carbons (Fsp3) is 0.562. The molecule has 0 spiro atoms. The van der Waals surface area contributed by atoms with Crippen molar-refractivity contribution in [3.8, 4) is 0 Å².